The van der Waals surface area contributed by atoms with Crippen LogP contribution in [-0.4, -0.2) is 34.6 Å². The van der Waals surface area contributed by atoms with Gasteiger partial charge in [0, 0.05) is 29.9 Å². The molecule has 1 aromatic carbocycles. The molecule has 0 aliphatic rings. The van der Waals surface area contributed by atoms with Gasteiger partial charge in [-0.1, -0.05) is 19.9 Å². The van der Waals surface area contributed by atoms with Gasteiger partial charge in [-0.15, -0.1) is 0 Å². The molecule has 0 aliphatic carbocycles. The second-order valence-electron chi connectivity index (χ2n) is 4.88. The molecule has 0 heterocycles. The van der Waals surface area contributed by atoms with Crippen LogP contribution in [0.25, 0.3) is 0 Å². The first-order chi connectivity index (χ1) is 9.79. The van der Waals surface area contributed by atoms with Crippen molar-refractivity contribution in [3.63, 3.8) is 0 Å². The van der Waals surface area contributed by atoms with Crippen molar-refractivity contribution < 1.29 is 17.9 Å². The summed E-state index contributed by atoms with van der Waals surface area (Å²) in [5.41, 5.74) is 1.11. The summed E-state index contributed by atoms with van der Waals surface area (Å²) in [5.74, 6) is -0.138. The van der Waals surface area contributed by atoms with Crippen LogP contribution in [0.4, 0.5) is 0 Å². The van der Waals surface area contributed by atoms with Crippen LogP contribution in [0.3, 0.4) is 0 Å². The van der Waals surface area contributed by atoms with Crippen LogP contribution in [0.1, 0.15) is 29.8 Å². The van der Waals surface area contributed by atoms with Gasteiger partial charge in [-0.3, -0.25) is 4.79 Å². The number of rotatable bonds is 7. The Morgan fingerprint density at radius 3 is 2.62 bits per heavy atom. The summed E-state index contributed by atoms with van der Waals surface area (Å²) in [6.07, 6.45) is 0.624. The van der Waals surface area contributed by atoms with Gasteiger partial charge < -0.3 is 10.1 Å². The van der Waals surface area contributed by atoms with E-state index in [2.05, 4.69) is 5.32 Å². The Kier molecular flexibility index (Phi) is 6.64. The molecule has 0 saturated carbocycles. The van der Waals surface area contributed by atoms with Crippen LogP contribution >= 0.6 is 10.7 Å². The number of ether oxygens (including phenoxy) is 1. The number of halogens is 1. The molecule has 21 heavy (non-hydrogen) atoms. The minimum Gasteiger partial charge on any atom is -0.384 e. The summed E-state index contributed by atoms with van der Waals surface area (Å²) in [4.78, 5) is 12.1. The number of hydrogen-bond donors (Lipinski definition) is 1. The van der Waals surface area contributed by atoms with Crippen molar-refractivity contribution in [2.24, 2.45) is 5.92 Å². The SMILES string of the molecule is CCc1ccc(S(=O)(=O)Cl)cc1C(=O)NCC(C)COC. The number of aryl methyl sites for hydroxylation is 1. The van der Waals surface area contributed by atoms with Gasteiger partial charge >= 0.3 is 0 Å². The van der Waals surface area contributed by atoms with E-state index in [-0.39, 0.29) is 16.7 Å². The first kappa shape index (κ1) is 17.9. The first-order valence-electron chi connectivity index (χ1n) is 6.64. The van der Waals surface area contributed by atoms with E-state index in [1.165, 1.54) is 12.1 Å². The molecule has 1 N–H and O–H groups in total. The molecule has 0 aliphatic heterocycles. The summed E-state index contributed by atoms with van der Waals surface area (Å²) in [6.45, 7) is 4.84. The molecular weight excluding hydrogens is 314 g/mol. The summed E-state index contributed by atoms with van der Waals surface area (Å²) in [6, 6.07) is 4.34. The fourth-order valence-corrected chi connectivity index (χ4v) is 2.71. The molecule has 1 unspecified atom stereocenters. The van der Waals surface area contributed by atoms with Gasteiger partial charge in [-0.05, 0) is 30.0 Å². The molecule has 1 rings (SSSR count). The predicted molar refractivity (Wildman–Crippen MR) is 82.2 cm³/mol. The number of hydrogen-bond acceptors (Lipinski definition) is 4. The van der Waals surface area contributed by atoms with Gasteiger partial charge in [0.1, 0.15) is 0 Å². The molecular formula is C14H20ClNO4S. The van der Waals surface area contributed by atoms with Crippen LogP contribution in [0, 0.1) is 5.92 Å². The van der Waals surface area contributed by atoms with Crippen molar-refractivity contribution >= 4 is 25.6 Å². The second-order valence-corrected chi connectivity index (χ2v) is 7.45. The molecule has 0 bridgehead atoms. The molecule has 1 amide bonds. The van der Waals surface area contributed by atoms with E-state index in [4.69, 9.17) is 15.4 Å². The molecule has 5 nitrogen and oxygen atoms in total. The topological polar surface area (TPSA) is 72.5 Å². The lowest BCUT2D eigenvalue weighted by Crippen LogP contribution is -2.30. The zero-order valence-corrected chi connectivity index (χ0v) is 13.9. The fourth-order valence-electron chi connectivity index (χ4n) is 1.93. The van der Waals surface area contributed by atoms with Crippen molar-refractivity contribution in [2.45, 2.75) is 25.2 Å². The van der Waals surface area contributed by atoms with Gasteiger partial charge in [0.25, 0.3) is 15.0 Å². The Bertz CT molecular complexity index is 601. The lowest BCUT2D eigenvalue weighted by molar-refractivity contribution is 0.0933. The van der Waals surface area contributed by atoms with Crippen LogP contribution in [0.5, 0.6) is 0 Å². The first-order valence-corrected chi connectivity index (χ1v) is 8.95. The van der Waals surface area contributed by atoms with Crippen molar-refractivity contribution in [3.8, 4) is 0 Å². The van der Waals surface area contributed by atoms with E-state index in [9.17, 15) is 13.2 Å². The van der Waals surface area contributed by atoms with E-state index in [0.717, 1.165) is 5.56 Å². The summed E-state index contributed by atoms with van der Waals surface area (Å²) >= 11 is 0. The zero-order chi connectivity index (χ0) is 16.0. The number of methoxy groups -OCH3 is 1. The lowest BCUT2D eigenvalue weighted by atomic mass is 10.0. The molecule has 0 saturated heterocycles. The fraction of sp³-hybridized carbons (Fsp3) is 0.500. The Morgan fingerprint density at radius 1 is 1.43 bits per heavy atom. The van der Waals surface area contributed by atoms with E-state index in [1.54, 1.807) is 13.2 Å². The van der Waals surface area contributed by atoms with Crippen LogP contribution in [0.2, 0.25) is 0 Å². The smallest absolute Gasteiger partial charge is 0.261 e. The van der Waals surface area contributed by atoms with Crippen molar-refractivity contribution in [2.75, 3.05) is 20.3 Å². The maximum atomic E-state index is 12.2. The van der Waals surface area contributed by atoms with E-state index in [1.807, 2.05) is 13.8 Å². The number of amides is 1. The van der Waals surface area contributed by atoms with Gasteiger partial charge in [0.15, 0.2) is 0 Å². The van der Waals surface area contributed by atoms with Gasteiger partial charge in [-0.2, -0.15) is 0 Å². The monoisotopic (exact) mass is 333 g/mol. The molecule has 0 radical (unpaired) electrons. The highest BCUT2D eigenvalue weighted by atomic mass is 35.7. The highest BCUT2D eigenvalue weighted by molar-refractivity contribution is 8.13. The largest absolute Gasteiger partial charge is 0.384 e. The number of carbonyl (C=O) groups is 1. The quantitative estimate of drug-likeness (QED) is 0.776. The van der Waals surface area contributed by atoms with Crippen molar-refractivity contribution in [1.82, 2.24) is 5.32 Å². The molecule has 1 aromatic rings. The minimum absolute atomic E-state index is 0.0727. The maximum absolute atomic E-state index is 12.2. The van der Waals surface area contributed by atoms with Crippen LogP contribution in [-0.2, 0) is 20.2 Å². The molecule has 118 valence electrons. The third-order valence-corrected chi connectivity index (χ3v) is 4.40. The third kappa shape index (κ3) is 5.30. The summed E-state index contributed by atoms with van der Waals surface area (Å²) in [7, 11) is 3.07. The normalized spacial score (nSPS) is 13.0. The van der Waals surface area contributed by atoms with Crippen LogP contribution in [0.15, 0.2) is 23.1 Å². The molecule has 0 aromatic heterocycles. The van der Waals surface area contributed by atoms with Crippen molar-refractivity contribution in [3.05, 3.63) is 29.3 Å². The molecule has 7 heteroatoms. The van der Waals surface area contributed by atoms with E-state index >= 15 is 0 Å². The highest BCUT2D eigenvalue weighted by Crippen LogP contribution is 2.20. The predicted octanol–water partition coefficient (Wildman–Crippen LogP) is 2.19. The van der Waals surface area contributed by atoms with Gasteiger partial charge in [-0.25, -0.2) is 8.42 Å². The number of benzene rings is 1. The zero-order valence-electron chi connectivity index (χ0n) is 12.3. The Balaban J connectivity index is 2.96. The standard InChI is InChI=1S/C14H20ClNO4S/c1-4-11-5-6-12(21(15,18)19)7-13(11)14(17)16-8-10(2)9-20-3/h5-7,10H,4,8-9H2,1-3H3,(H,16,17). The van der Waals surface area contributed by atoms with Gasteiger partial charge in [0.2, 0.25) is 0 Å². The molecule has 0 fully saturated rings. The van der Waals surface area contributed by atoms with Crippen LogP contribution < -0.4 is 5.32 Å². The Morgan fingerprint density at radius 2 is 2.10 bits per heavy atom. The Hall–Kier alpha value is -1.11. The van der Waals surface area contributed by atoms with Crippen molar-refractivity contribution in [1.29, 1.82) is 0 Å². The minimum atomic E-state index is -3.85. The molecule has 0 spiro atoms. The molecule has 1 atom stereocenters. The Labute approximate surface area is 130 Å². The average molecular weight is 334 g/mol. The third-order valence-electron chi connectivity index (χ3n) is 3.05. The average Bonchev–Trinajstić information content (AvgIpc) is 2.43. The number of carbonyl (C=O) groups excluding carboxylic acids is 1. The lowest BCUT2D eigenvalue weighted by Gasteiger charge is -2.13. The summed E-state index contributed by atoms with van der Waals surface area (Å²) < 4.78 is 27.8. The summed E-state index contributed by atoms with van der Waals surface area (Å²) in [5, 5.41) is 2.78. The van der Waals surface area contributed by atoms with E-state index < -0.39 is 9.05 Å². The van der Waals surface area contributed by atoms with Gasteiger partial charge in [0.05, 0.1) is 11.5 Å². The second kappa shape index (κ2) is 7.77. The maximum Gasteiger partial charge on any atom is 0.261 e. The van der Waals surface area contributed by atoms with E-state index in [0.29, 0.717) is 25.1 Å². The number of nitrogens with one attached hydrogen (secondary N) is 1. The highest BCUT2D eigenvalue weighted by Gasteiger charge is 2.17.